The summed E-state index contributed by atoms with van der Waals surface area (Å²) in [6.07, 6.45) is 2.21. The Kier molecular flexibility index (Phi) is 7.57. The molecule has 2 heterocycles. The topological polar surface area (TPSA) is 107 Å². The first-order valence-corrected chi connectivity index (χ1v) is 12.0. The van der Waals surface area contributed by atoms with Crippen molar-refractivity contribution in [2.45, 2.75) is 33.7 Å². The number of aryl methyl sites for hydroxylation is 2. The van der Waals surface area contributed by atoms with Crippen LogP contribution in [0.1, 0.15) is 51.4 Å². The van der Waals surface area contributed by atoms with Crippen molar-refractivity contribution < 1.29 is 19.1 Å². The Hall–Kier alpha value is -4.59. The number of nitrogens with one attached hydrogen (secondary N) is 1. The van der Waals surface area contributed by atoms with Gasteiger partial charge in [-0.1, -0.05) is 43.3 Å². The highest BCUT2D eigenvalue weighted by Gasteiger charge is 2.20. The second-order valence-electron chi connectivity index (χ2n) is 8.52. The summed E-state index contributed by atoms with van der Waals surface area (Å²) in [6, 6.07) is 16.9. The number of aromatic nitrogens is 2. The van der Waals surface area contributed by atoms with Gasteiger partial charge in [0.2, 0.25) is 11.3 Å². The Balaban J connectivity index is 1.72. The average Bonchev–Trinajstić information content (AvgIpc) is 2.90. The molecule has 0 aliphatic carbocycles. The summed E-state index contributed by atoms with van der Waals surface area (Å²) in [5.41, 5.74) is 2.42. The molecule has 8 heteroatoms. The Morgan fingerprint density at radius 3 is 2.38 bits per heavy atom. The van der Waals surface area contributed by atoms with E-state index in [2.05, 4.69) is 10.3 Å². The fraction of sp³-hybridized carbons (Fsp3) is 0.207. The van der Waals surface area contributed by atoms with Crippen LogP contribution < -0.4 is 10.7 Å². The van der Waals surface area contributed by atoms with Crippen LogP contribution in [0.5, 0.6) is 0 Å². The number of nitrogens with zero attached hydrogens (tertiary/aromatic N) is 2. The zero-order chi connectivity index (χ0) is 26.5. The molecule has 0 aliphatic rings. The molecule has 0 aliphatic heterocycles. The molecular formula is C29H27N3O5. The Bertz CT molecular complexity index is 1550. The van der Waals surface area contributed by atoms with Crippen molar-refractivity contribution in [2.75, 3.05) is 11.9 Å². The smallest absolute Gasteiger partial charge is 0.340 e. The number of ketones is 1. The first-order valence-electron chi connectivity index (χ1n) is 12.0. The molecule has 2 aromatic carbocycles. The maximum Gasteiger partial charge on any atom is 0.340 e. The molecule has 188 valence electrons. The van der Waals surface area contributed by atoms with Crippen LogP contribution >= 0.6 is 0 Å². The van der Waals surface area contributed by atoms with E-state index in [4.69, 9.17) is 4.74 Å². The molecule has 0 spiro atoms. The number of esters is 1. The first kappa shape index (κ1) is 25.5. The van der Waals surface area contributed by atoms with Gasteiger partial charge in [-0.05, 0) is 50.1 Å². The quantitative estimate of drug-likeness (QED) is 0.287. The zero-order valence-electron chi connectivity index (χ0n) is 20.9. The fourth-order valence-corrected chi connectivity index (χ4v) is 4.01. The van der Waals surface area contributed by atoms with E-state index in [-0.39, 0.29) is 35.3 Å². The van der Waals surface area contributed by atoms with Gasteiger partial charge in [0.05, 0.1) is 28.8 Å². The normalized spacial score (nSPS) is 10.8. The lowest BCUT2D eigenvalue weighted by atomic mass is 10.0. The summed E-state index contributed by atoms with van der Waals surface area (Å²) in [7, 11) is 0. The number of amides is 1. The summed E-state index contributed by atoms with van der Waals surface area (Å²) >= 11 is 0. The second kappa shape index (κ2) is 11.0. The van der Waals surface area contributed by atoms with Crippen molar-refractivity contribution in [1.29, 1.82) is 0 Å². The lowest BCUT2D eigenvalue weighted by Gasteiger charge is -2.14. The predicted octanol–water partition coefficient (Wildman–Crippen LogP) is 4.31. The third-order valence-corrected chi connectivity index (χ3v) is 5.94. The molecule has 4 aromatic rings. The molecule has 0 radical (unpaired) electrons. The van der Waals surface area contributed by atoms with Gasteiger partial charge in [-0.3, -0.25) is 14.4 Å². The first-order chi connectivity index (χ1) is 17.8. The van der Waals surface area contributed by atoms with Crippen molar-refractivity contribution in [3.8, 4) is 0 Å². The highest BCUT2D eigenvalue weighted by atomic mass is 16.5. The van der Waals surface area contributed by atoms with Crippen LogP contribution in [0, 0.1) is 6.92 Å². The van der Waals surface area contributed by atoms with Crippen LogP contribution in [-0.4, -0.2) is 33.8 Å². The van der Waals surface area contributed by atoms with Gasteiger partial charge in [0.1, 0.15) is 12.2 Å². The Morgan fingerprint density at radius 2 is 1.68 bits per heavy atom. The molecular weight excluding hydrogens is 470 g/mol. The maximum absolute atomic E-state index is 13.3. The molecule has 0 unspecified atom stereocenters. The van der Waals surface area contributed by atoms with E-state index in [1.807, 2.05) is 19.1 Å². The van der Waals surface area contributed by atoms with Crippen molar-refractivity contribution in [2.24, 2.45) is 0 Å². The number of fused-ring (bicyclic) bond motifs is 1. The highest BCUT2D eigenvalue weighted by Crippen LogP contribution is 2.18. The fourth-order valence-electron chi connectivity index (χ4n) is 4.01. The van der Waals surface area contributed by atoms with Crippen molar-refractivity contribution in [1.82, 2.24) is 9.55 Å². The number of carbonyl (C=O) groups excluding carboxylic acids is 3. The minimum Gasteiger partial charge on any atom is -0.462 e. The number of carbonyl (C=O) groups is 3. The monoisotopic (exact) mass is 497 g/mol. The third-order valence-electron chi connectivity index (χ3n) is 5.94. The van der Waals surface area contributed by atoms with Gasteiger partial charge < -0.3 is 14.6 Å². The summed E-state index contributed by atoms with van der Waals surface area (Å²) in [5, 5.41) is 2.97. The Morgan fingerprint density at radius 1 is 0.946 bits per heavy atom. The minimum atomic E-state index is -0.550. The van der Waals surface area contributed by atoms with E-state index in [1.165, 1.54) is 10.8 Å². The number of pyridine rings is 2. The number of ether oxygens (including phenoxy) is 1. The van der Waals surface area contributed by atoms with Gasteiger partial charge in [-0.2, -0.15) is 0 Å². The number of para-hydroxylation sites is 1. The number of anilines is 1. The summed E-state index contributed by atoms with van der Waals surface area (Å²) in [5.74, 6) is -1.45. The molecule has 0 atom stereocenters. The Labute approximate surface area is 213 Å². The van der Waals surface area contributed by atoms with Gasteiger partial charge in [-0.25, -0.2) is 9.78 Å². The average molecular weight is 498 g/mol. The van der Waals surface area contributed by atoms with Crippen LogP contribution in [0.2, 0.25) is 0 Å². The van der Waals surface area contributed by atoms with Crippen LogP contribution in [0.3, 0.4) is 0 Å². The van der Waals surface area contributed by atoms with Gasteiger partial charge >= 0.3 is 5.97 Å². The molecule has 0 saturated carbocycles. The SMILES string of the molecule is CCOC(=O)c1ccccc1NC(=O)Cn1cc(C(=O)c2ccc(CC)cc2)c(=O)c2ccc(C)nc21. The second-order valence-corrected chi connectivity index (χ2v) is 8.52. The van der Waals surface area contributed by atoms with Crippen LogP contribution in [0.15, 0.2) is 71.7 Å². The van der Waals surface area contributed by atoms with Crippen molar-refractivity contribution in [3.63, 3.8) is 0 Å². The van der Waals surface area contributed by atoms with Gasteiger partial charge in [0, 0.05) is 17.5 Å². The molecule has 4 rings (SSSR count). The number of hydrogen-bond acceptors (Lipinski definition) is 6. The molecule has 0 saturated heterocycles. The largest absolute Gasteiger partial charge is 0.462 e. The highest BCUT2D eigenvalue weighted by molar-refractivity contribution is 6.10. The molecule has 2 aromatic heterocycles. The predicted molar refractivity (Wildman–Crippen MR) is 141 cm³/mol. The van der Waals surface area contributed by atoms with Crippen molar-refractivity contribution >= 4 is 34.4 Å². The van der Waals surface area contributed by atoms with Crippen LogP contribution in [-0.2, 0) is 22.5 Å². The number of hydrogen-bond donors (Lipinski definition) is 1. The maximum atomic E-state index is 13.3. The van der Waals surface area contributed by atoms with E-state index >= 15 is 0 Å². The number of benzene rings is 2. The van der Waals surface area contributed by atoms with Gasteiger partial charge in [0.15, 0.2) is 5.78 Å². The lowest BCUT2D eigenvalue weighted by molar-refractivity contribution is -0.116. The zero-order valence-corrected chi connectivity index (χ0v) is 20.9. The molecule has 1 N–H and O–H groups in total. The van der Waals surface area contributed by atoms with E-state index < -0.39 is 23.1 Å². The summed E-state index contributed by atoms with van der Waals surface area (Å²) < 4.78 is 6.56. The molecule has 1 amide bonds. The lowest BCUT2D eigenvalue weighted by Crippen LogP contribution is -2.25. The summed E-state index contributed by atoms with van der Waals surface area (Å²) in [4.78, 5) is 56.4. The summed E-state index contributed by atoms with van der Waals surface area (Å²) in [6.45, 7) is 5.46. The van der Waals surface area contributed by atoms with E-state index in [0.29, 0.717) is 16.9 Å². The molecule has 37 heavy (non-hydrogen) atoms. The standard InChI is InChI=1S/C29H27N3O5/c1-4-19-11-13-20(14-12-19)26(34)23-16-32(28-22(27(23)35)15-10-18(3)30-28)17-25(33)31-24-9-7-6-8-21(24)29(36)37-5-2/h6-16H,4-5,17H2,1-3H3,(H,31,33). The van der Waals surface area contributed by atoms with E-state index in [0.717, 1.165) is 12.0 Å². The minimum absolute atomic E-state index is 0.0536. The molecule has 0 bridgehead atoms. The van der Waals surface area contributed by atoms with E-state index in [9.17, 15) is 19.2 Å². The number of rotatable bonds is 8. The van der Waals surface area contributed by atoms with Gasteiger partial charge in [0.25, 0.3) is 0 Å². The van der Waals surface area contributed by atoms with Gasteiger partial charge in [-0.15, -0.1) is 0 Å². The van der Waals surface area contributed by atoms with Crippen molar-refractivity contribution in [3.05, 3.63) is 105 Å². The molecule has 0 fully saturated rings. The molecule has 8 nitrogen and oxygen atoms in total. The third kappa shape index (κ3) is 5.48. The van der Waals surface area contributed by atoms with Crippen LogP contribution in [0.4, 0.5) is 5.69 Å². The van der Waals surface area contributed by atoms with E-state index in [1.54, 1.807) is 62.4 Å². The van der Waals surface area contributed by atoms with Crippen LogP contribution in [0.25, 0.3) is 11.0 Å².